The third kappa shape index (κ3) is 2.56. The Bertz CT molecular complexity index is 465. The molecule has 15 heavy (non-hydrogen) atoms. The van der Waals surface area contributed by atoms with E-state index in [1.165, 1.54) is 38.4 Å². The summed E-state index contributed by atoms with van der Waals surface area (Å²) >= 11 is 5.23. The van der Waals surface area contributed by atoms with E-state index in [0.717, 1.165) is 4.31 Å². The molecule has 0 aromatic heterocycles. The van der Waals surface area contributed by atoms with Crippen LogP contribution >= 0.6 is 11.6 Å². The zero-order valence-electron chi connectivity index (χ0n) is 8.27. The molecule has 0 aliphatic rings. The molecule has 0 aliphatic heterocycles. The van der Waals surface area contributed by atoms with Gasteiger partial charge in [0, 0.05) is 19.7 Å². The molecule has 0 heterocycles. The number of benzene rings is 1. The Kier molecular flexibility index (Phi) is 3.49. The second kappa shape index (κ2) is 4.30. The number of rotatable bonds is 3. The minimum absolute atomic E-state index is 0.133. The van der Waals surface area contributed by atoms with Crippen LogP contribution in [0.5, 0.6) is 0 Å². The first-order valence-electron chi connectivity index (χ1n) is 4.08. The Balaban J connectivity index is 3.15. The molecule has 0 amide bonds. The highest BCUT2D eigenvalue weighted by molar-refractivity contribution is 7.89. The topological polar surface area (TPSA) is 54.5 Å². The highest BCUT2D eigenvalue weighted by atomic mass is 35.5. The first kappa shape index (κ1) is 12.2. The van der Waals surface area contributed by atoms with E-state index in [2.05, 4.69) is 0 Å². The van der Waals surface area contributed by atoms with E-state index in [1.54, 1.807) is 0 Å². The Morgan fingerprint density at radius 3 is 2.00 bits per heavy atom. The maximum absolute atomic E-state index is 11.6. The Labute approximate surface area is 93.5 Å². The molecule has 4 nitrogen and oxygen atoms in total. The molecule has 1 rings (SSSR count). The lowest BCUT2D eigenvalue weighted by molar-refractivity contribution is 0.108. The van der Waals surface area contributed by atoms with Crippen LogP contribution in [-0.2, 0) is 10.0 Å². The van der Waals surface area contributed by atoms with Crippen molar-refractivity contribution in [2.45, 2.75) is 4.90 Å². The summed E-state index contributed by atoms with van der Waals surface area (Å²) in [6.45, 7) is 0. The van der Waals surface area contributed by atoms with Crippen molar-refractivity contribution in [3.8, 4) is 0 Å². The van der Waals surface area contributed by atoms with Gasteiger partial charge >= 0.3 is 0 Å². The van der Waals surface area contributed by atoms with Gasteiger partial charge in [-0.3, -0.25) is 4.79 Å². The molecule has 0 radical (unpaired) electrons. The van der Waals surface area contributed by atoms with Crippen LogP contribution in [0.25, 0.3) is 0 Å². The first-order valence-corrected chi connectivity index (χ1v) is 5.90. The fourth-order valence-corrected chi connectivity index (χ4v) is 2.00. The molecule has 0 unspecified atom stereocenters. The molecule has 0 atom stereocenters. The smallest absolute Gasteiger partial charge is 0.252 e. The van der Waals surface area contributed by atoms with Crippen LogP contribution in [0, 0.1) is 0 Å². The predicted octanol–water partition coefficient (Wildman–Crippen LogP) is 1.32. The average molecular weight is 248 g/mol. The van der Waals surface area contributed by atoms with E-state index in [0.29, 0.717) is 0 Å². The summed E-state index contributed by atoms with van der Waals surface area (Å²) in [7, 11) is -0.560. The molecule has 0 N–H and O–H groups in total. The molecule has 0 spiro atoms. The Morgan fingerprint density at radius 1 is 1.20 bits per heavy atom. The summed E-state index contributed by atoms with van der Waals surface area (Å²) in [4.78, 5) is 10.9. The van der Waals surface area contributed by atoms with Gasteiger partial charge < -0.3 is 0 Å². The van der Waals surface area contributed by atoms with Crippen LogP contribution in [0.4, 0.5) is 0 Å². The maximum Gasteiger partial charge on any atom is 0.252 e. The van der Waals surface area contributed by atoms with Crippen LogP contribution < -0.4 is 0 Å². The highest BCUT2D eigenvalue weighted by Gasteiger charge is 2.16. The summed E-state index contributed by atoms with van der Waals surface area (Å²) in [6, 6.07) is 5.47. The van der Waals surface area contributed by atoms with E-state index < -0.39 is 15.3 Å². The van der Waals surface area contributed by atoms with Gasteiger partial charge in [-0.05, 0) is 35.9 Å². The highest BCUT2D eigenvalue weighted by Crippen LogP contribution is 2.14. The van der Waals surface area contributed by atoms with Crippen molar-refractivity contribution in [2.24, 2.45) is 0 Å². The molecule has 0 fully saturated rings. The van der Waals surface area contributed by atoms with E-state index in [-0.39, 0.29) is 10.5 Å². The van der Waals surface area contributed by atoms with Gasteiger partial charge in [0.15, 0.2) is 0 Å². The van der Waals surface area contributed by atoms with Crippen molar-refractivity contribution in [2.75, 3.05) is 14.1 Å². The van der Waals surface area contributed by atoms with Crippen LogP contribution in [-0.4, -0.2) is 32.1 Å². The third-order valence-corrected chi connectivity index (χ3v) is 3.91. The number of carbonyl (C=O) groups is 1. The van der Waals surface area contributed by atoms with Crippen LogP contribution in [0.2, 0.25) is 0 Å². The van der Waals surface area contributed by atoms with Crippen molar-refractivity contribution in [1.29, 1.82) is 0 Å². The molecular formula is C9H10ClNO3S. The molecular weight excluding hydrogens is 238 g/mol. The van der Waals surface area contributed by atoms with Crippen molar-refractivity contribution in [3.05, 3.63) is 29.8 Å². The number of nitrogens with zero attached hydrogens (tertiary/aromatic N) is 1. The lowest BCUT2D eigenvalue weighted by Crippen LogP contribution is -2.22. The van der Waals surface area contributed by atoms with E-state index in [4.69, 9.17) is 11.6 Å². The van der Waals surface area contributed by atoms with Gasteiger partial charge in [-0.2, -0.15) is 0 Å². The maximum atomic E-state index is 11.6. The molecule has 0 bridgehead atoms. The molecule has 6 heteroatoms. The normalized spacial score (nSPS) is 11.7. The second-order valence-electron chi connectivity index (χ2n) is 3.09. The second-order valence-corrected chi connectivity index (χ2v) is 5.58. The molecule has 0 aliphatic carbocycles. The van der Waals surface area contributed by atoms with E-state index >= 15 is 0 Å². The van der Waals surface area contributed by atoms with Crippen molar-refractivity contribution in [1.82, 2.24) is 4.31 Å². The molecule has 1 aromatic carbocycles. The van der Waals surface area contributed by atoms with E-state index in [1.807, 2.05) is 0 Å². The van der Waals surface area contributed by atoms with Crippen LogP contribution in [0.1, 0.15) is 10.4 Å². The van der Waals surface area contributed by atoms with Gasteiger partial charge in [-0.25, -0.2) is 12.7 Å². The summed E-state index contributed by atoms with van der Waals surface area (Å²) in [5.41, 5.74) is 0.273. The van der Waals surface area contributed by atoms with Gasteiger partial charge in [0.05, 0.1) is 4.90 Å². The lowest BCUT2D eigenvalue weighted by atomic mass is 10.2. The van der Waals surface area contributed by atoms with Gasteiger partial charge in [0.2, 0.25) is 10.0 Å². The lowest BCUT2D eigenvalue weighted by Gasteiger charge is -2.10. The standard InChI is InChI=1S/C9H10ClNO3S/c1-11(2)15(13,14)8-5-3-7(4-6-8)9(10)12/h3-6H,1-2H3. The molecule has 0 saturated carbocycles. The number of carbonyl (C=O) groups excluding carboxylic acids is 1. The molecule has 1 aromatic rings. The summed E-state index contributed by atoms with van der Waals surface area (Å²) in [5, 5.41) is -0.608. The Morgan fingerprint density at radius 2 is 1.67 bits per heavy atom. The average Bonchev–Trinajstić information content (AvgIpc) is 2.17. The minimum Gasteiger partial charge on any atom is -0.276 e. The largest absolute Gasteiger partial charge is 0.276 e. The quantitative estimate of drug-likeness (QED) is 0.757. The van der Waals surface area contributed by atoms with Gasteiger partial charge in [-0.15, -0.1) is 0 Å². The number of sulfonamides is 1. The summed E-state index contributed by atoms with van der Waals surface area (Å²) < 4.78 is 24.3. The number of hydrogen-bond acceptors (Lipinski definition) is 3. The van der Waals surface area contributed by atoms with Crippen molar-refractivity contribution < 1.29 is 13.2 Å². The monoisotopic (exact) mass is 247 g/mol. The summed E-state index contributed by atoms with van der Waals surface area (Å²) in [5.74, 6) is 0. The zero-order valence-corrected chi connectivity index (χ0v) is 9.84. The number of halogens is 1. The van der Waals surface area contributed by atoms with E-state index in [9.17, 15) is 13.2 Å². The molecule has 82 valence electrons. The zero-order chi connectivity index (χ0) is 11.6. The van der Waals surface area contributed by atoms with Gasteiger partial charge in [0.25, 0.3) is 5.24 Å². The summed E-state index contributed by atoms with van der Waals surface area (Å²) in [6.07, 6.45) is 0. The first-order chi connectivity index (χ1) is 6.85. The van der Waals surface area contributed by atoms with Crippen molar-refractivity contribution >= 4 is 26.9 Å². The van der Waals surface area contributed by atoms with Crippen LogP contribution in [0.15, 0.2) is 29.2 Å². The van der Waals surface area contributed by atoms with Gasteiger partial charge in [0.1, 0.15) is 0 Å². The predicted molar refractivity (Wildman–Crippen MR) is 57.5 cm³/mol. The SMILES string of the molecule is CN(C)S(=O)(=O)c1ccc(C(=O)Cl)cc1. The number of hydrogen-bond donors (Lipinski definition) is 0. The van der Waals surface area contributed by atoms with Crippen molar-refractivity contribution in [3.63, 3.8) is 0 Å². The fraction of sp³-hybridized carbons (Fsp3) is 0.222. The van der Waals surface area contributed by atoms with Gasteiger partial charge in [-0.1, -0.05) is 0 Å². The van der Waals surface area contributed by atoms with Crippen LogP contribution in [0.3, 0.4) is 0 Å². The minimum atomic E-state index is -3.44. The molecule has 0 saturated heterocycles. The third-order valence-electron chi connectivity index (χ3n) is 1.86. The fourth-order valence-electron chi connectivity index (χ4n) is 0.969. The Hall–Kier alpha value is -0.910.